The van der Waals surface area contributed by atoms with Gasteiger partial charge in [-0.05, 0) is 43.4 Å². The van der Waals surface area contributed by atoms with E-state index in [2.05, 4.69) is 10.0 Å². The molecule has 0 bridgehead atoms. The topological polar surface area (TPSA) is 95.6 Å². The van der Waals surface area contributed by atoms with E-state index in [1.54, 1.807) is 11.0 Å². The highest BCUT2D eigenvalue weighted by Crippen LogP contribution is 2.38. The Bertz CT molecular complexity index is 862. The number of nitrogens with zero attached hydrogens (tertiary/aromatic N) is 1. The third-order valence-electron chi connectivity index (χ3n) is 5.16. The molecule has 2 heterocycles. The van der Waals surface area contributed by atoms with Crippen LogP contribution in [0.25, 0.3) is 0 Å². The Morgan fingerprint density at radius 3 is 2.59 bits per heavy atom. The van der Waals surface area contributed by atoms with Crippen LogP contribution >= 0.6 is 11.8 Å². The zero-order valence-electron chi connectivity index (χ0n) is 16.9. The number of anilines is 1. The molecule has 2 aliphatic heterocycles. The van der Waals surface area contributed by atoms with Crippen LogP contribution in [0, 0.1) is 5.92 Å². The van der Waals surface area contributed by atoms with E-state index >= 15 is 0 Å². The number of amides is 2. The molecule has 0 aromatic heterocycles. The summed E-state index contributed by atoms with van der Waals surface area (Å²) < 4.78 is 27.6. The van der Waals surface area contributed by atoms with Gasteiger partial charge in [0.1, 0.15) is 0 Å². The van der Waals surface area contributed by atoms with Crippen LogP contribution in [0.2, 0.25) is 0 Å². The van der Waals surface area contributed by atoms with Crippen molar-refractivity contribution in [3.05, 3.63) is 18.2 Å². The first-order valence-electron chi connectivity index (χ1n) is 10.2. The molecule has 1 saturated heterocycles. The summed E-state index contributed by atoms with van der Waals surface area (Å²) in [5, 5.41) is 1.91. The number of fused-ring (bicyclic) bond motifs is 1. The Balaban J connectivity index is 1.72. The van der Waals surface area contributed by atoms with Crippen LogP contribution < -0.4 is 10.0 Å². The summed E-state index contributed by atoms with van der Waals surface area (Å²) in [6.45, 7) is 5.81. The summed E-state index contributed by atoms with van der Waals surface area (Å²) in [7, 11) is -3.64. The predicted molar refractivity (Wildman–Crippen MR) is 114 cm³/mol. The van der Waals surface area contributed by atoms with Crippen molar-refractivity contribution in [3.8, 4) is 0 Å². The van der Waals surface area contributed by atoms with Crippen molar-refractivity contribution >= 4 is 39.3 Å². The van der Waals surface area contributed by atoms with Gasteiger partial charge in [-0.25, -0.2) is 13.1 Å². The molecule has 1 fully saturated rings. The van der Waals surface area contributed by atoms with Crippen LogP contribution in [0.1, 0.15) is 46.0 Å². The molecule has 2 amide bonds. The van der Waals surface area contributed by atoms with Gasteiger partial charge in [0.15, 0.2) is 5.25 Å². The molecule has 2 aliphatic rings. The van der Waals surface area contributed by atoms with Gasteiger partial charge in [-0.1, -0.05) is 26.7 Å². The number of thioether (sulfide) groups is 1. The average molecular weight is 440 g/mol. The summed E-state index contributed by atoms with van der Waals surface area (Å²) in [6.07, 6.45) is 4.90. The maximum absolute atomic E-state index is 12.9. The molecule has 1 unspecified atom stereocenters. The van der Waals surface area contributed by atoms with E-state index in [1.165, 1.54) is 23.9 Å². The number of carbonyl (C=O) groups excluding carboxylic acids is 2. The molecule has 29 heavy (non-hydrogen) atoms. The van der Waals surface area contributed by atoms with E-state index in [1.807, 2.05) is 13.8 Å². The minimum atomic E-state index is -3.64. The van der Waals surface area contributed by atoms with Crippen LogP contribution in [0.3, 0.4) is 0 Å². The van der Waals surface area contributed by atoms with Crippen molar-refractivity contribution in [1.82, 2.24) is 9.62 Å². The molecule has 0 aliphatic carbocycles. The second-order valence-corrected chi connectivity index (χ2v) is 10.9. The van der Waals surface area contributed by atoms with E-state index in [9.17, 15) is 18.0 Å². The van der Waals surface area contributed by atoms with Crippen molar-refractivity contribution in [2.75, 3.05) is 25.0 Å². The zero-order chi connectivity index (χ0) is 21.0. The lowest BCUT2D eigenvalue weighted by Gasteiger charge is -2.28. The maximum atomic E-state index is 12.9. The molecular formula is C20H29N3O4S2. The molecule has 0 radical (unpaired) electrons. The van der Waals surface area contributed by atoms with Crippen molar-refractivity contribution in [2.24, 2.45) is 5.92 Å². The second kappa shape index (κ2) is 9.49. The van der Waals surface area contributed by atoms with Crippen LogP contribution in [0.4, 0.5) is 5.69 Å². The van der Waals surface area contributed by atoms with Gasteiger partial charge >= 0.3 is 0 Å². The average Bonchev–Trinajstić information content (AvgIpc) is 2.95. The van der Waals surface area contributed by atoms with Gasteiger partial charge in [-0.15, -0.1) is 11.8 Å². The molecule has 1 aromatic rings. The molecule has 0 saturated carbocycles. The van der Waals surface area contributed by atoms with E-state index in [4.69, 9.17) is 0 Å². The Hall–Kier alpha value is -1.58. The summed E-state index contributed by atoms with van der Waals surface area (Å²) >= 11 is 1.20. The van der Waals surface area contributed by atoms with Crippen LogP contribution in [0.15, 0.2) is 28.0 Å². The summed E-state index contributed by atoms with van der Waals surface area (Å²) in [5.74, 6) is -0.151. The predicted octanol–water partition coefficient (Wildman–Crippen LogP) is 2.83. The number of carbonyl (C=O) groups is 2. The lowest BCUT2D eigenvalue weighted by atomic mass is 10.1. The van der Waals surface area contributed by atoms with E-state index in [0.717, 1.165) is 32.1 Å². The van der Waals surface area contributed by atoms with Gasteiger partial charge < -0.3 is 10.2 Å². The van der Waals surface area contributed by atoms with Crippen molar-refractivity contribution in [1.29, 1.82) is 0 Å². The van der Waals surface area contributed by atoms with Gasteiger partial charge in [0, 0.05) is 24.5 Å². The lowest BCUT2D eigenvalue weighted by Crippen LogP contribution is -2.45. The van der Waals surface area contributed by atoms with E-state index in [-0.39, 0.29) is 16.7 Å². The third-order valence-corrected chi connectivity index (χ3v) is 7.88. The van der Waals surface area contributed by atoms with Crippen molar-refractivity contribution < 1.29 is 18.0 Å². The van der Waals surface area contributed by atoms with Gasteiger partial charge in [0.05, 0.1) is 10.6 Å². The molecule has 3 rings (SSSR count). The Kier molecular flexibility index (Phi) is 7.23. The number of sulfonamides is 1. The first-order valence-corrected chi connectivity index (χ1v) is 12.5. The van der Waals surface area contributed by atoms with Gasteiger partial charge in [-0.2, -0.15) is 0 Å². The number of rotatable bonds is 6. The van der Waals surface area contributed by atoms with E-state index < -0.39 is 15.3 Å². The smallest absolute Gasteiger partial charge is 0.247 e. The molecule has 9 heteroatoms. The third kappa shape index (κ3) is 5.52. The number of likely N-dealkylation sites (tertiary alicyclic amines) is 1. The largest absolute Gasteiger partial charge is 0.341 e. The van der Waals surface area contributed by atoms with Crippen molar-refractivity contribution in [3.63, 3.8) is 0 Å². The van der Waals surface area contributed by atoms with Crippen molar-refractivity contribution in [2.45, 2.75) is 61.0 Å². The van der Waals surface area contributed by atoms with Gasteiger partial charge in [0.2, 0.25) is 21.8 Å². The first kappa shape index (κ1) is 22.1. The Morgan fingerprint density at radius 1 is 1.24 bits per heavy atom. The Labute approximate surface area is 177 Å². The summed E-state index contributed by atoms with van der Waals surface area (Å²) in [6, 6.07) is 4.65. The number of hydrogen-bond donors (Lipinski definition) is 2. The molecule has 0 spiro atoms. The highest BCUT2D eigenvalue weighted by atomic mass is 32.2. The Morgan fingerprint density at radius 2 is 1.93 bits per heavy atom. The lowest BCUT2D eigenvalue weighted by molar-refractivity contribution is -0.133. The standard InChI is InChI=1S/C20H29N3O4S2/c1-14(2)9-10-21-29(26,27)15-7-8-17-16(13-15)22-19(24)18(28-17)20(25)23-11-5-3-4-6-12-23/h7-8,13-14,18,21H,3-6,9-12H2,1-2H3,(H,22,24). The van der Waals surface area contributed by atoms with Gasteiger partial charge in [-0.3, -0.25) is 9.59 Å². The highest BCUT2D eigenvalue weighted by molar-refractivity contribution is 8.01. The molecule has 1 aromatic carbocycles. The fourth-order valence-electron chi connectivity index (χ4n) is 3.44. The minimum absolute atomic E-state index is 0.109. The van der Waals surface area contributed by atoms with Crippen LogP contribution in [-0.4, -0.2) is 50.0 Å². The number of benzene rings is 1. The van der Waals surface area contributed by atoms with Gasteiger partial charge in [0.25, 0.3) is 0 Å². The molecule has 7 nitrogen and oxygen atoms in total. The van der Waals surface area contributed by atoms with Crippen LogP contribution in [0.5, 0.6) is 0 Å². The quantitative estimate of drug-likeness (QED) is 0.665. The summed E-state index contributed by atoms with van der Waals surface area (Å²) in [5.41, 5.74) is 0.437. The second-order valence-electron chi connectivity index (χ2n) is 7.96. The fraction of sp³-hybridized carbons (Fsp3) is 0.600. The fourth-order valence-corrected chi connectivity index (χ4v) is 5.57. The minimum Gasteiger partial charge on any atom is -0.341 e. The zero-order valence-corrected chi connectivity index (χ0v) is 18.6. The van der Waals surface area contributed by atoms with E-state index in [0.29, 0.717) is 36.1 Å². The normalized spacial score (nSPS) is 20.2. The summed E-state index contributed by atoms with van der Waals surface area (Å²) in [4.78, 5) is 28.1. The number of nitrogens with one attached hydrogen (secondary N) is 2. The molecular weight excluding hydrogens is 410 g/mol. The first-order chi connectivity index (χ1) is 13.8. The maximum Gasteiger partial charge on any atom is 0.247 e. The SMILES string of the molecule is CC(C)CCNS(=O)(=O)c1ccc2c(c1)NC(=O)C(C(=O)N1CCCCCC1)S2. The molecule has 160 valence electrons. The molecule has 1 atom stereocenters. The monoisotopic (exact) mass is 439 g/mol. The molecule has 2 N–H and O–H groups in total. The van der Waals surface area contributed by atoms with Crippen LogP contribution in [-0.2, 0) is 19.6 Å². The highest BCUT2D eigenvalue weighted by Gasteiger charge is 2.36. The number of hydrogen-bond acceptors (Lipinski definition) is 5.